The second-order valence-corrected chi connectivity index (χ2v) is 8.91. The van der Waals surface area contributed by atoms with Gasteiger partial charge in [-0.2, -0.15) is 0 Å². The van der Waals surface area contributed by atoms with Crippen LogP contribution in [0.1, 0.15) is 36.8 Å². The van der Waals surface area contributed by atoms with E-state index in [1.807, 2.05) is 6.92 Å². The summed E-state index contributed by atoms with van der Waals surface area (Å²) in [5, 5.41) is 0.582. The second-order valence-electron chi connectivity index (χ2n) is 6.82. The third-order valence-electron chi connectivity index (χ3n) is 4.96. The summed E-state index contributed by atoms with van der Waals surface area (Å²) in [6, 6.07) is 3.23. The van der Waals surface area contributed by atoms with Crippen molar-refractivity contribution in [1.82, 2.24) is 4.72 Å². The predicted molar refractivity (Wildman–Crippen MR) is 93.0 cm³/mol. The number of nitrogens with one attached hydrogen (secondary N) is 1. The molecule has 2 aliphatic rings. The van der Waals surface area contributed by atoms with E-state index in [0.717, 1.165) is 18.4 Å². The van der Waals surface area contributed by atoms with Crippen molar-refractivity contribution in [1.29, 1.82) is 0 Å². The van der Waals surface area contributed by atoms with Crippen LogP contribution in [0.15, 0.2) is 17.0 Å². The number of hydrogen-bond donors (Lipinski definition) is 1. The molecule has 1 atom stereocenters. The lowest BCUT2D eigenvalue weighted by Crippen LogP contribution is -2.51. The van der Waals surface area contributed by atoms with Gasteiger partial charge in [-0.15, -0.1) is 0 Å². The number of rotatable bonds is 3. The first kappa shape index (κ1) is 18.1. The maximum Gasteiger partial charge on any atom is 0.241 e. The molecule has 1 aromatic carbocycles. The monoisotopic (exact) mass is 373 g/mol. The molecular weight excluding hydrogens is 350 g/mol. The number of aryl methyl sites for hydroxylation is 2. The molecule has 3 rings (SSSR count). The molecule has 0 aromatic heterocycles. The first-order chi connectivity index (χ1) is 11.3. The van der Waals surface area contributed by atoms with E-state index in [4.69, 9.17) is 21.1 Å². The maximum absolute atomic E-state index is 12.8. The summed E-state index contributed by atoms with van der Waals surface area (Å²) in [7, 11) is -3.58. The molecular formula is C17H24ClNO4S. The van der Waals surface area contributed by atoms with Gasteiger partial charge in [0.25, 0.3) is 0 Å². The van der Waals surface area contributed by atoms with E-state index in [1.165, 1.54) is 0 Å². The van der Waals surface area contributed by atoms with E-state index >= 15 is 0 Å². The number of halogens is 1. The Morgan fingerprint density at radius 1 is 1.17 bits per heavy atom. The first-order valence-corrected chi connectivity index (χ1v) is 10.2. The quantitative estimate of drug-likeness (QED) is 0.884. The van der Waals surface area contributed by atoms with Crippen molar-refractivity contribution in [3.05, 3.63) is 28.3 Å². The normalized spacial score (nSPS) is 24.2. The zero-order chi connectivity index (χ0) is 17.4. The lowest BCUT2D eigenvalue weighted by Gasteiger charge is -2.43. The number of hydrogen-bond acceptors (Lipinski definition) is 4. The maximum atomic E-state index is 12.8. The molecule has 24 heavy (non-hydrogen) atoms. The SMILES string of the molecule is Cc1cc(S(=O)(=O)N[C@H]2CCOC3(CCOCC3)C2)c(C)cc1Cl. The lowest BCUT2D eigenvalue weighted by atomic mass is 9.84. The van der Waals surface area contributed by atoms with Crippen LogP contribution in [-0.2, 0) is 19.5 Å². The van der Waals surface area contributed by atoms with Crippen LogP contribution in [0.5, 0.6) is 0 Å². The minimum absolute atomic E-state index is 0.114. The highest BCUT2D eigenvalue weighted by Crippen LogP contribution is 2.35. The Hall–Kier alpha value is -0.660. The molecule has 0 saturated carbocycles. The predicted octanol–water partition coefficient (Wildman–Crippen LogP) is 2.96. The Morgan fingerprint density at radius 3 is 2.58 bits per heavy atom. The van der Waals surface area contributed by atoms with E-state index < -0.39 is 10.0 Å². The molecule has 2 fully saturated rings. The van der Waals surface area contributed by atoms with Crippen LogP contribution < -0.4 is 4.72 Å². The molecule has 7 heteroatoms. The summed E-state index contributed by atoms with van der Waals surface area (Å²) in [6.07, 6.45) is 3.03. The summed E-state index contributed by atoms with van der Waals surface area (Å²) < 4.78 is 39.9. The van der Waals surface area contributed by atoms with Gasteiger partial charge < -0.3 is 9.47 Å². The summed E-state index contributed by atoms with van der Waals surface area (Å²) in [6.45, 7) is 5.51. The van der Waals surface area contributed by atoms with Gasteiger partial charge in [0.2, 0.25) is 10.0 Å². The third-order valence-corrected chi connectivity index (χ3v) is 7.03. The highest BCUT2D eigenvalue weighted by Gasteiger charge is 2.40. The fourth-order valence-corrected chi connectivity index (χ4v) is 5.35. The minimum atomic E-state index is -3.58. The topological polar surface area (TPSA) is 64.6 Å². The van der Waals surface area contributed by atoms with Gasteiger partial charge in [0, 0.05) is 30.9 Å². The van der Waals surface area contributed by atoms with Crippen LogP contribution in [0.3, 0.4) is 0 Å². The molecule has 2 saturated heterocycles. The summed E-state index contributed by atoms with van der Waals surface area (Å²) in [4.78, 5) is 0.303. The third kappa shape index (κ3) is 3.78. The van der Waals surface area contributed by atoms with Crippen molar-refractivity contribution in [2.45, 2.75) is 56.1 Å². The van der Waals surface area contributed by atoms with Gasteiger partial charge in [-0.25, -0.2) is 13.1 Å². The van der Waals surface area contributed by atoms with Crippen LogP contribution >= 0.6 is 11.6 Å². The van der Waals surface area contributed by atoms with Crippen molar-refractivity contribution < 1.29 is 17.9 Å². The first-order valence-electron chi connectivity index (χ1n) is 8.32. The average molecular weight is 374 g/mol. The van der Waals surface area contributed by atoms with Gasteiger partial charge in [0.15, 0.2) is 0 Å². The fourth-order valence-electron chi connectivity index (χ4n) is 3.55. The van der Waals surface area contributed by atoms with E-state index in [-0.39, 0.29) is 11.6 Å². The standard InChI is InChI=1S/C17H24ClNO4S/c1-12-10-16(13(2)9-15(12)18)24(20,21)19-14-3-6-23-17(11-14)4-7-22-8-5-17/h9-10,14,19H,3-8,11H2,1-2H3/t14-/m0/s1. The molecule has 1 spiro atoms. The van der Waals surface area contributed by atoms with Crippen molar-refractivity contribution in [3.63, 3.8) is 0 Å². The smallest absolute Gasteiger partial charge is 0.241 e. The fraction of sp³-hybridized carbons (Fsp3) is 0.647. The molecule has 0 radical (unpaired) electrons. The molecule has 1 aromatic rings. The molecule has 5 nitrogen and oxygen atoms in total. The Balaban J connectivity index is 1.78. The Morgan fingerprint density at radius 2 is 1.88 bits per heavy atom. The van der Waals surface area contributed by atoms with Gasteiger partial charge in [0.1, 0.15) is 0 Å². The van der Waals surface area contributed by atoms with Crippen molar-refractivity contribution >= 4 is 21.6 Å². The second kappa shape index (κ2) is 6.92. The van der Waals surface area contributed by atoms with Crippen molar-refractivity contribution in [2.24, 2.45) is 0 Å². The van der Waals surface area contributed by atoms with E-state index in [9.17, 15) is 8.42 Å². The van der Waals surface area contributed by atoms with E-state index in [1.54, 1.807) is 19.1 Å². The van der Waals surface area contributed by atoms with Gasteiger partial charge in [-0.1, -0.05) is 11.6 Å². The van der Waals surface area contributed by atoms with Gasteiger partial charge >= 0.3 is 0 Å². The Kier molecular flexibility index (Phi) is 5.23. The summed E-state index contributed by atoms with van der Waals surface area (Å²) in [5.74, 6) is 0. The minimum Gasteiger partial charge on any atom is -0.381 e. The molecule has 134 valence electrons. The number of sulfonamides is 1. The van der Waals surface area contributed by atoms with Crippen LogP contribution in [0.4, 0.5) is 0 Å². The Bertz CT molecular complexity index is 708. The van der Waals surface area contributed by atoms with Crippen LogP contribution in [0, 0.1) is 13.8 Å². The van der Waals surface area contributed by atoms with Crippen LogP contribution in [0.2, 0.25) is 5.02 Å². The summed E-state index contributed by atoms with van der Waals surface area (Å²) >= 11 is 6.08. The molecule has 0 bridgehead atoms. The zero-order valence-electron chi connectivity index (χ0n) is 14.1. The lowest BCUT2D eigenvalue weighted by molar-refractivity contribution is -0.138. The number of benzene rings is 1. The Labute approximate surface area is 148 Å². The molecule has 1 N–H and O–H groups in total. The van der Waals surface area contributed by atoms with Crippen LogP contribution in [-0.4, -0.2) is 39.9 Å². The summed E-state index contributed by atoms with van der Waals surface area (Å²) in [5.41, 5.74) is 1.18. The molecule has 0 unspecified atom stereocenters. The van der Waals surface area contributed by atoms with Gasteiger partial charge in [-0.05, 0) is 62.8 Å². The molecule has 0 amide bonds. The number of ether oxygens (including phenoxy) is 2. The highest BCUT2D eigenvalue weighted by atomic mass is 35.5. The van der Waals surface area contributed by atoms with Gasteiger partial charge in [0.05, 0.1) is 10.5 Å². The molecule has 2 aliphatic heterocycles. The van der Waals surface area contributed by atoms with Crippen molar-refractivity contribution in [3.8, 4) is 0 Å². The highest BCUT2D eigenvalue weighted by molar-refractivity contribution is 7.89. The zero-order valence-corrected chi connectivity index (χ0v) is 15.7. The van der Waals surface area contributed by atoms with Crippen LogP contribution in [0.25, 0.3) is 0 Å². The molecule has 0 aliphatic carbocycles. The largest absolute Gasteiger partial charge is 0.381 e. The van der Waals surface area contributed by atoms with E-state index in [2.05, 4.69) is 4.72 Å². The van der Waals surface area contributed by atoms with Gasteiger partial charge in [-0.3, -0.25) is 0 Å². The average Bonchev–Trinajstić information content (AvgIpc) is 2.51. The van der Waals surface area contributed by atoms with E-state index in [0.29, 0.717) is 48.1 Å². The van der Waals surface area contributed by atoms with Crippen molar-refractivity contribution in [2.75, 3.05) is 19.8 Å². The molecule has 2 heterocycles.